The first kappa shape index (κ1) is 19.6. The summed E-state index contributed by atoms with van der Waals surface area (Å²) in [6.45, 7) is 4.90. The Hall–Kier alpha value is -2.14. The lowest BCUT2D eigenvalue weighted by Crippen LogP contribution is -2.37. The molecule has 0 unspecified atom stereocenters. The second-order valence-electron chi connectivity index (χ2n) is 7.71. The summed E-state index contributed by atoms with van der Waals surface area (Å²) in [6.07, 6.45) is 10.4. The van der Waals surface area contributed by atoms with Gasteiger partial charge < -0.3 is 15.5 Å². The van der Waals surface area contributed by atoms with Gasteiger partial charge in [-0.3, -0.25) is 0 Å². The number of nitrogens with zero attached hydrogens (tertiary/aromatic N) is 3. The van der Waals surface area contributed by atoms with Crippen molar-refractivity contribution in [3.63, 3.8) is 0 Å². The van der Waals surface area contributed by atoms with Crippen LogP contribution in [0.1, 0.15) is 44.9 Å². The molecule has 0 spiro atoms. The minimum atomic E-state index is 0.458. The summed E-state index contributed by atoms with van der Waals surface area (Å²) >= 11 is 0. The van der Waals surface area contributed by atoms with Crippen LogP contribution in [0.5, 0.6) is 0 Å². The summed E-state index contributed by atoms with van der Waals surface area (Å²) in [5.74, 6) is 1.72. The van der Waals surface area contributed by atoms with Gasteiger partial charge in [0, 0.05) is 31.6 Å². The Labute approximate surface area is 163 Å². The third-order valence-electron chi connectivity index (χ3n) is 5.34. The Morgan fingerprint density at radius 2 is 1.81 bits per heavy atom. The lowest BCUT2D eigenvalue weighted by molar-refractivity contribution is 0.351. The molecule has 0 aliphatic heterocycles. The molecule has 27 heavy (non-hydrogen) atoms. The van der Waals surface area contributed by atoms with E-state index in [0.717, 1.165) is 48.5 Å². The molecular formula is C22H33N5. The summed E-state index contributed by atoms with van der Waals surface area (Å²) in [4.78, 5) is 11.6. The van der Waals surface area contributed by atoms with E-state index in [-0.39, 0.29) is 0 Å². The Morgan fingerprint density at radius 1 is 1.07 bits per heavy atom. The maximum atomic E-state index is 4.77. The van der Waals surface area contributed by atoms with Crippen LogP contribution in [-0.2, 0) is 0 Å². The molecule has 1 saturated carbocycles. The molecule has 0 saturated heterocycles. The van der Waals surface area contributed by atoms with Crippen molar-refractivity contribution in [1.29, 1.82) is 0 Å². The number of hydrogen-bond acceptors (Lipinski definition) is 5. The highest BCUT2D eigenvalue weighted by molar-refractivity contribution is 5.90. The minimum Gasteiger partial charge on any atom is -0.362 e. The molecule has 1 aromatic heterocycles. The van der Waals surface area contributed by atoms with Gasteiger partial charge in [-0.2, -0.15) is 4.98 Å². The Morgan fingerprint density at radius 3 is 2.56 bits per heavy atom. The van der Waals surface area contributed by atoms with Crippen molar-refractivity contribution >= 4 is 22.7 Å². The molecule has 5 nitrogen and oxygen atoms in total. The number of hydrogen-bond donors (Lipinski definition) is 2. The normalized spacial score (nSPS) is 19.8. The van der Waals surface area contributed by atoms with Gasteiger partial charge in [0.25, 0.3) is 0 Å². The minimum absolute atomic E-state index is 0.458. The van der Waals surface area contributed by atoms with Crippen LogP contribution < -0.4 is 15.5 Å². The van der Waals surface area contributed by atoms with E-state index in [2.05, 4.69) is 34.2 Å². The third-order valence-corrected chi connectivity index (χ3v) is 5.34. The van der Waals surface area contributed by atoms with E-state index in [0.29, 0.717) is 12.1 Å². The molecule has 1 fully saturated rings. The summed E-state index contributed by atoms with van der Waals surface area (Å²) in [6, 6.07) is 9.33. The number of rotatable bonds is 9. The third kappa shape index (κ3) is 5.42. The molecule has 0 radical (unpaired) electrons. The van der Waals surface area contributed by atoms with Crippen molar-refractivity contribution < 1.29 is 0 Å². The van der Waals surface area contributed by atoms with Gasteiger partial charge >= 0.3 is 0 Å². The maximum absolute atomic E-state index is 4.77. The molecule has 3 rings (SSSR count). The van der Waals surface area contributed by atoms with Crippen LogP contribution >= 0.6 is 0 Å². The molecule has 1 aliphatic rings. The van der Waals surface area contributed by atoms with Gasteiger partial charge in [0.1, 0.15) is 5.82 Å². The van der Waals surface area contributed by atoms with Crippen LogP contribution in [-0.4, -0.2) is 42.7 Å². The Bertz CT molecular complexity index is 735. The fourth-order valence-corrected chi connectivity index (χ4v) is 3.81. The number of nitrogens with one attached hydrogen (secondary N) is 2. The summed E-state index contributed by atoms with van der Waals surface area (Å²) in [5, 5.41) is 8.39. The first-order valence-corrected chi connectivity index (χ1v) is 10.2. The smallest absolute Gasteiger partial charge is 0.225 e. The average Bonchev–Trinajstić information content (AvgIpc) is 2.68. The fourth-order valence-electron chi connectivity index (χ4n) is 3.81. The zero-order chi connectivity index (χ0) is 19.1. The predicted molar refractivity (Wildman–Crippen MR) is 116 cm³/mol. The van der Waals surface area contributed by atoms with Gasteiger partial charge in [0.15, 0.2) is 0 Å². The predicted octanol–water partition coefficient (Wildman–Crippen LogP) is 4.36. The lowest BCUT2D eigenvalue weighted by atomic mass is 9.91. The molecular weight excluding hydrogens is 334 g/mol. The maximum Gasteiger partial charge on any atom is 0.225 e. The zero-order valence-electron chi connectivity index (χ0n) is 16.7. The highest BCUT2D eigenvalue weighted by Crippen LogP contribution is 2.26. The molecule has 1 aromatic carbocycles. The Kier molecular flexibility index (Phi) is 7.04. The van der Waals surface area contributed by atoms with Gasteiger partial charge in [-0.15, -0.1) is 6.58 Å². The molecule has 0 bridgehead atoms. The quantitative estimate of drug-likeness (QED) is 0.509. The van der Waals surface area contributed by atoms with Crippen LogP contribution in [0.4, 0.5) is 11.8 Å². The number of aromatic nitrogens is 2. The van der Waals surface area contributed by atoms with Gasteiger partial charge in [-0.05, 0) is 63.6 Å². The van der Waals surface area contributed by atoms with E-state index in [4.69, 9.17) is 9.97 Å². The molecule has 1 heterocycles. The van der Waals surface area contributed by atoms with Crippen molar-refractivity contribution in [1.82, 2.24) is 15.3 Å². The number of unbranched alkanes of at least 4 members (excludes halogenated alkanes) is 2. The number of fused-ring (bicyclic) bond motifs is 1. The SMILES string of the molecule is C=CCCCCN[C@H]1CC[C@@H](Nc2nc(N(C)C)c3ccccc3n2)CC1. The fraction of sp³-hybridized carbons (Fsp3) is 0.545. The standard InChI is InChI=1S/C22H33N5/c1-4-5-6-9-16-23-17-12-14-18(15-13-17)24-22-25-20-11-8-7-10-19(20)21(26-22)27(2)3/h4,7-8,10-11,17-18,23H,1,5-6,9,12-16H2,2-3H3,(H,24,25,26)/t17-,18+. The number of allylic oxidation sites excluding steroid dienone is 1. The number of anilines is 2. The first-order chi connectivity index (χ1) is 13.2. The summed E-state index contributed by atoms with van der Waals surface area (Å²) in [5.41, 5.74) is 0.994. The zero-order valence-corrected chi connectivity index (χ0v) is 16.7. The van der Waals surface area contributed by atoms with Crippen molar-refractivity contribution in [2.45, 2.75) is 57.0 Å². The number of benzene rings is 1. The van der Waals surface area contributed by atoms with Crippen LogP contribution in [0.3, 0.4) is 0 Å². The van der Waals surface area contributed by atoms with E-state index in [1.165, 1.54) is 25.7 Å². The first-order valence-electron chi connectivity index (χ1n) is 10.2. The molecule has 146 valence electrons. The lowest BCUT2D eigenvalue weighted by Gasteiger charge is -2.30. The largest absolute Gasteiger partial charge is 0.362 e. The van der Waals surface area contributed by atoms with Gasteiger partial charge in [0.05, 0.1) is 5.52 Å². The van der Waals surface area contributed by atoms with Crippen molar-refractivity contribution in [3.05, 3.63) is 36.9 Å². The highest BCUT2D eigenvalue weighted by Gasteiger charge is 2.21. The van der Waals surface area contributed by atoms with E-state index in [1.807, 2.05) is 32.3 Å². The van der Waals surface area contributed by atoms with Gasteiger partial charge in [-0.25, -0.2) is 4.98 Å². The van der Waals surface area contributed by atoms with Crippen molar-refractivity contribution in [3.8, 4) is 0 Å². The van der Waals surface area contributed by atoms with Crippen molar-refractivity contribution in [2.24, 2.45) is 0 Å². The number of para-hydroxylation sites is 1. The topological polar surface area (TPSA) is 53.1 Å². The highest BCUT2D eigenvalue weighted by atomic mass is 15.2. The second-order valence-corrected chi connectivity index (χ2v) is 7.71. The Balaban J connectivity index is 1.54. The van der Waals surface area contributed by atoms with E-state index >= 15 is 0 Å². The average molecular weight is 368 g/mol. The van der Waals surface area contributed by atoms with Gasteiger partial charge in [0.2, 0.25) is 5.95 Å². The van der Waals surface area contributed by atoms with Crippen LogP contribution in [0, 0.1) is 0 Å². The molecule has 1 aliphatic carbocycles. The summed E-state index contributed by atoms with van der Waals surface area (Å²) in [7, 11) is 4.06. The summed E-state index contributed by atoms with van der Waals surface area (Å²) < 4.78 is 0. The van der Waals surface area contributed by atoms with Crippen LogP contribution in [0.2, 0.25) is 0 Å². The van der Waals surface area contributed by atoms with Crippen LogP contribution in [0.25, 0.3) is 10.9 Å². The van der Waals surface area contributed by atoms with E-state index in [9.17, 15) is 0 Å². The van der Waals surface area contributed by atoms with Crippen LogP contribution in [0.15, 0.2) is 36.9 Å². The van der Waals surface area contributed by atoms with E-state index < -0.39 is 0 Å². The van der Waals surface area contributed by atoms with E-state index in [1.54, 1.807) is 0 Å². The molecule has 0 atom stereocenters. The second kappa shape index (κ2) is 9.70. The molecule has 0 amide bonds. The molecule has 2 N–H and O–H groups in total. The monoisotopic (exact) mass is 367 g/mol. The molecule has 2 aromatic rings. The van der Waals surface area contributed by atoms with Gasteiger partial charge in [-0.1, -0.05) is 18.2 Å². The van der Waals surface area contributed by atoms with Crippen molar-refractivity contribution in [2.75, 3.05) is 30.9 Å². The molecule has 5 heteroatoms.